The van der Waals surface area contributed by atoms with Gasteiger partial charge in [0.25, 0.3) is 0 Å². The molecule has 1 fully saturated rings. The molecule has 4 nitrogen and oxygen atoms in total. The van der Waals surface area contributed by atoms with Gasteiger partial charge in [-0.05, 0) is 54.0 Å². The summed E-state index contributed by atoms with van der Waals surface area (Å²) in [5.74, 6) is 0.654. The Hall–Kier alpha value is -0.780. The molecule has 104 valence electrons. The molecule has 0 aromatic heterocycles. The van der Waals surface area contributed by atoms with Gasteiger partial charge >= 0.3 is 0 Å². The minimum Gasteiger partial charge on any atom is -0.490 e. The van der Waals surface area contributed by atoms with E-state index in [-0.39, 0.29) is 0 Å². The molecule has 0 amide bonds. The van der Waals surface area contributed by atoms with E-state index in [2.05, 4.69) is 26.0 Å². The normalized spacial score (nSPS) is 16.3. The van der Waals surface area contributed by atoms with E-state index in [1.54, 1.807) is 12.1 Å². The van der Waals surface area contributed by atoms with E-state index < -0.39 is 0 Å². The molecule has 1 heterocycles. The number of ether oxygens (including phenoxy) is 1. The van der Waals surface area contributed by atoms with Crippen LogP contribution in [0.3, 0.4) is 0 Å². The Kier molecular flexibility index (Phi) is 5.48. The van der Waals surface area contributed by atoms with E-state index in [0.29, 0.717) is 22.9 Å². The molecule has 2 rings (SSSR count). The van der Waals surface area contributed by atoms with Gasteiger partial charge in [0.15, 0.2) is 0 Å². The Morgan fingerprint density at radius 1 is 1.42 bits per heavy atom. The summed E-state index contributed by atoms with van der Waals surface area (Å²) >= 11 is 9.37. The maximum atomic E-state index is 8.67. The highest BCUT2D eigenvalue weighted by Gasteiger charge is 2.13. The molecule has 1 aliphatic heterocycles. The zero-order chi connectivity index (χ0) is 13.7. The zero-order valence-corrected chi connectivity index (χ0v) is 12.8. The summed E-state index contributed by atoms with van der Waals surface area (Å²) in [7, 11) is 0. The predicted octanol–water partition coefficient (Wildman–Crippen LogP) is 3.39. The third-order valence-electron chi connectivity index (χ3n) is 3.09. The fourth-order valence-electron chi connectivity index (χ4n) is 2.17. The summed E-state index contributed by atoms with van der Waals surface area (Å²) in [6.45, 7) is 3.81. The number of rotatable bonds is 5. The number of likely N-dealkylation sites (tertiary alicyclic amines) is 1. The van der Waals surface area contributed by atoms with Crippen molar-refractivity contribution < 1.29 is 9.94 Å². The molecular formula is C13H16BrClN2O2. The Balaban J connectivity index is 2.01. The SMILES string of the molecule is ON=Cc1cc(Cl)cc(Br)c1OCCN1CCCC1. The molecule has 0 bridgehead atoms. The van der Waals surface area contributed by atoms with Gasteiger partial charge in [-0.1, -0.05) is 16.8 Å². The van der Waals surface area contributed by atoms with E-state index in [4.69, 9.17) is 21.5 Å². The predicted molar refractivity (Wildman–Crippen MR) is 79.7 cm³/mol. The van der Waals surface area contributed by atoms with Crippen molar-refractivity contribution in [1.29, 1.82) is 0 Å². The first-order chi connectivity index (χ1) is 9.20. The second kappa shape index (κ2) is 7.12. The molecule has 1 aromatic rings. The molecular weight excluding hydrogens is 332 g/mol. The minimum absolute atomic E-state index is 0.564. The van der Waals surface area contributed by atoms with Crippen molar-refractivity contribution in [3.05, 3.63) is 27.2 Å². The minimum atomic E-state index is 0.564. The van der Waals surface area contributed by atoms with Gasteiger partial charge in [-0.25, -0.2) is 0 Å². The third kappa shape index (κ3) is 4.09. The first-order valence-electron chi connectivity index (χ1n) is 6.22. The highest BCUT2D eigenvalue weighted by Crippen LogP contribution is 2.31. The van der Waals surface area contributed by atoms with Gasteiger partial charge in [-0.15, -0.1) is 0 Å². The van der Waals surface area contributed by atoms with Crippen LogP contribution in [0.4, 0.5) is 0 Å². The Morgan fingerprint density at radius 3 is 2.84 bits per heavy atom. The number of nitrogens with zero attached hydrogens (tertiary/aromatic N) is 2. The van der Waals surface area contributed by atoms with Crippen LogP contribution in [-0.2, 0) is 0 Å². The Labute approximate surface area is 126 Å². The van der Waals surface area contributed by atoms with Crippen molar-refractivity contribution in [3.63, 3.8) is 0 Å². The molecule has 1 aromatic carbocycles. The van der Waals surface area contributed by atoms with Crippen LogP contribution in [0.25, 0.3) is 0 Å². The smallest absolute Gasteiger partial charge is 0.142 e. The fraction of sp³-hybridized carbons (Fsp3) is 0.462. The molecule has 0 radical (unpaired) electrons. The summed E-state index contributed by atoms with van der Waals surface area (Å²) in [4.78, 5) is 2.38. The van der Waals surface area contributed by atoms with Crippen LogP contribution < -0.4 is 4.74 Å². The highest BCUT2D eigenvalue weighted by atomic mass is 79.9. The number of hydrogen-bond acceptors (Lipinski definition) is 4. The first kappa shape index (κ1) is 14.6. The molecule has 0 spiro atoms. The Bertz CT molecular complexity index is 462. The van der Waals surface area contributed by atoms with E-state index in [1.165, 1.54) is 19.1 Å². The van der Waals surface area contributed by atoms with Gasteiger partial charge < -0.3 is 9.94 Å². The van der Waals surface area contributed by atoms with Crippen molar-refractivity contribution in [3.8, 4) is 5.75 Å². The van der Waals surface area contributed by atoms with Crippen molar-refractivity contribution in [2.45, 2.75) is 12.8 Å². The average molecular weight is 348 g/mol. The maximum absolute atomic E-state index is 8.67. The molecule has 0 unspecified atom stereocenters. The topological polar surface area (TPSA) is 45.1 Å². The van der Waals surface area contributed by atoms with E-state index in [9.17, 15) is 0 Å². The van der Waals surface area contributed by atoms with Crippen molar-refractivity contribution in [2.75, 3.05) is 26.2 Å². The van der Waals surface area contributed by atoms with E-state index >= 15 is 0 Å². The van der Waals surface area contributed by atoms with Gasteiger partial charge in [0.2, 0.25) is 0 Å². The standard InChI is InChI=1S/C13H16BrClN2O2/c14-12-8-11(15)7-10(9-16-18)13(12)19-6-5-17-3-1-2-4-17/h7-9,18H,1-6H2. The van der Waals surface area contributed by atoms with E-state index in [1.807, 2.05) is 0 Å². The van der Waals surface area contributed by atoms with Gasteiger partial charge in [0.05, 0.1) is 10.7 Å². The zero-order valence-electron chi connectivity index (χ0n) is 10.5. The number of oxime groups is 1. The summed E-state index contributed by atoms with van der Waals surface area (Å²) < 4.78 is 6.55. The van der Waals surface area contributed by atoms with Crippen molar-refractivity contribution in [1.82, 2.24) is 4.90 Å². The van der Waals surface area contributed by atoms with Crippen LogP contribution in [0, 0.1) is 0 Å². The molecule has 1 aliphatic rings. The van der Waals surface area contributed by atoms with Crippen LogP contribution in [-0.4, -0.2) is 42.6 Å². The third-order valence-corrected chi connectivity index (χ3v) is 3.89. The van der Waals surface area contributed by atoms with Crippen molar-refractivity contribution in [2.24, 2.45) is 5.16 Å². The van der Waals surface area contributed by atoms with Crippen LogP contribution in [0.1, 0.15) is 18.4 Å². The van der Waals surface area contributed by atoms with Gasteiger partial charge in [0.1, 0.15) is 12.4 Å². The lowest BCUT2D eigenvalue weighted by atomic mass is 10.2. The molecule has 6 heteroatoms. The monoisotopic (exact) mass is 346 g/mol. The van der Waals surface area contributed by atoms with Gasteiger partial charge in [0, 0.05) is 17.1 Å². The van der Waals surface area contributed by atoms with Gasteiger partial charge in [-0.3, -0.25) is 4.90 Å². The molecule has 0 atom stereocenters. The quantitative estimate of drug-likeness (QED) is 0.504. The number of hydrogen-bond donors (Lipinski definition) is 1. The Morgan fingerprint density at radius 2 is 2.16 bits per heavy atom. The summed E-state index contributed by atoms with van der Waals surface area (Å²) in [6.07, 6.45) is 3.86. The lowest BCUT2D eigenvalue weighted by molar-refractivity contribution is 0.236. The number of halogens is 2. The van der Waals surface area contributed by atoms with Crippen LogP contribution in [0.2, 0.25) is 5.02 Å². The summed E-state index contributed by atoms with van der Waals surface area (Å²) in [5, 5.41) is 12.3. The number of benzene rings is 1. The molecule has 0 aliphatic carbocycles. The largest absolute Gasteiger partial charge is 0.490 e. The van der Waals surface area contributed by atoms with Crippen LogP contribution in [0.5, 0.6) is 5.75 Å². The molecule has 1 saturated heterocycles. The molecule has 19 heavy (non-hydrogen) atoms. The lowest BCUT2D eigenvalue weighted by Crippen LogP contribution is -2.25. The first-order valence-corrected chi connectivity index (χ1v) is 7.39. The molecule has 1 N–H and O–H groups in total. The maximum Gasteiger partial charge on any atom is 0.142 e. The van der Waals surface area contributed by atoms with Crippen molar-refractivity contribution >= 4 is 33.7 Å². The molecule has 0 saturated carbocycles. The second-order valence-electron chi connectivity index (χ2n) is 4.45. The van der Waals surface area contributed by atoms with Crippen LogP contribution >= 0.6 is 27.5 Å². The average Bonchev–Trinajstić information content (AvgIpc) is 2.86. The fourth-order valence-corrected chi connectivity index (χ4v) is 3.12. The van der Waals surface area contributed by atoms with Crippen LogP contribution in [0.15, 0.2) is 21.8 Å². The lowest BCUT2D eigenvalue weighted by Gasteiger charge is -2.16. The highest BCUT2D eigenvalue weighted by molar-refractivity contribution is 9.10. The second-order valence-corrected chi connectivity index (χ2v) is 5.74. The summed E-state index contributed by atoms with van der Waals surface area (Å²) in [6, 6.07) is 3.47. The summed E-state index contributed by atoms with van der Waals surface area (Å²) in [5.41, 5.74) is 0.656. The van der Waals surface area contributed by atoms with Gasteiger partial charge in [-0.2, -0.15) is 0 Å². The van der Waals surface area contributed by atoms with E-state index in [0.717, 1.165) is 24.1 Å².